The minimum absolute atomic E-state index is 0.0120. The van der Waals surface area contributed by atoms with E-state index in [-0.39, 0.29) is 12.1 Å². The molecule has 1 atom stereocenters. The van der Waals surface area contributed by atoms with E-state index < -0.39 is 0 Å². The highest BCUT2D eigenvalue weighted by Crippen LogP contribution is 2.17. The maximum Gasteiger partial charge on any atom is 0.213 e. The fourth-order valence-corrected chi connectivity index (χ4v) is 1.23. The molecule has 4 nitrogen and oxygen atoms in total. The summed E-state index contributed by atoms with van der Waals surface area (Å²) >= 11 is 0. The van der Waals surface area contributed by atoms with Gasteiger partial charge in [0.05, 0.1) is 13.2 Å². The molecule has 2 rings (SSSR count). The van der Waals surface area contributed by atoms with Crippen molar-refractivity contribution in [3.05, 3.63) is 23.9 Å². The third-order valence-electron chi connectivity index (χ3n) is 2.18. The van der Waals surface area contributed by atoms with Crippen molar-refractivity contribution >= 4 is 0 Å². The van der Waals surface area contributed by atoms with Crippen molar-refractivity contribution < 1.29 is 9.47 Å². The van der Waals surface area contributed by atoms with Crippen LogP contribution in [0.3, 0.4) is 0 Å². The lowest BCUT2D eigenvalue weighted by molar-refractivity contribution is -0.0813. The van der Waals surface area contributed by atoms with Crippen LogP contribution in [0.2, 0.25) is 0 Å². The summed E-state index contributed by atoms with van der Waals surface area (Å²) in [5, 5.41) is 0. The lowest BCUT2D eigenvalue weighted by Crippen LogP contribution is -2.38. The molecule has 4 heteroatoms. The summed E-state index contributed by atoms with van der Waals surface area (Å²) < 4.78 is 10.6. The fourth-order valence-electron chi connectivity index (χ4n) is 1.23. The molecule has 76 valence electrons. The monoisotopic (exact) mass is 194 g/mol. The number of ether oxygens (including phenoxy) is 2. The van der Waals surface area contributed by atoms with Crippen LogP contribution in [0.15, 0.2) is 18.3 Å². The first-order chi connectivity index (χ1) is 6.75. The van der Waals surface area contributed by atoms with Gasteiger partial charge < -0.3 is 15.2 Å². The van der Waals surface area contributed by atoms with E-state index in [9.17, 15) is 0 Å². The van der Waals surface area contributed by atoms with Crippen molar-refractivity contribution in [2.45, 2.75) is 19.1 Å². The van der Waals surface area contributed by atoms with Crippen LogP contribution < -0.4 is 10.5 Å². The molecule has 1 aromatic rings. The molecule has 2 heterocycles. The van der Waals surface area contributed by atoms with Gasteiger partial charge in [0.1, 0.15) is 6.10 Å². The lowest BCUT2D eigenvalue weighted by Gasteiger charge is -2.26. The molecule has 1 fully saturated rings. The Morgan fingerprint density at radius 2 is 2.43 bits per heavy atom. The van der Waals surface area contributed by atoms with Crippen molar-refractivity contribution in [1.29, 1.82) is 0 Å². The largest absolute Gasteiger partial charge is 0.469 e. The van der Waals surface area contributed by atoms with Gasteiger partial charge in [-0.1, -0.05) is 0 Å². The second-order valence-electron chi connectivity index (χ2n) is 3.49. The molecule has 2 N–H and O–H groups in total. The van der Waals surface area contributed by atoms with Crippen molar-refractivity contribution in [1.82, 2.24) is 4.98 Å². The third-order valence-corrected chi connectivity index (χ3v) is 2.18. The SMILES string of the molecule is CC(N)c1ccnc(OC2COC2)c1. The minimum atomic E-state index is 0.0120. The Balaban J connectivity index is 2.05. The van der Waals surface area contributed by atoms with Gasteiger partial charge in [-0.05, 0) is 18.6 Å². The number of hydrogen-bond donors (Lipinski definition) is 1. The zero-order valence-electron chi connectivity index (χ0n) is 8.14. The summed E-state index contributed by atoms with van der Waals surface area (Å²) in [6.45, 7) is 3.25. The summed E-state index contributed by atoms with van der Waals surface area (Å²) in [4.78, 5) is 4.11. The quantitative estimate of drug-likeness (QED) is 0.776. The van der Waals surface area contributed by atoms with Crippen LogP contribution in [0.5, 0.6) is 5.88 Å². The lowest BCUT2D eigenvalue weighted by atomic mass is 10.1. The Bertz CT molecular complexity index is 311. The zero-order chi connectivity index (χ0) is 9.97. The molecular weight excluding hydrogens is 180 g/mol. The van der Waals surface area contributed by atoms with Gasteiger partial charge in [0, 0.05) is 18.3 Å². The van der Waals surface area contributed by atoms with E-state index in [2.05, 4.69) is 4.98 Å². The van der Waals surface area contributed by atoms with Crippen molar-refractivity contribution in [2.75, 3.05) is 13.2 Å². The summed E-state index contributed by atoms with van der Waals surface area (Å²) in [6.07, 6.45) is 1.87. The number of rotatable bonds is 3. The van der Waals surface area contributed by atoms with E-state index in [0.717, 1.165) is 5.56 Å². The van der Waals surface area contributed by atoms with E-state index in [0.29, 0.717) is 19.1 Å². The molecule has 0 aromatic carbocycles. The first kappa shape index (κ1) is 9.43. The van der Waals surface area contributed by atoms with Gasteiger partial charge in [-0.3, -0.25) is 0 Å². The fraction of sp³-hybridized carbons (Fsp3) is 0.500. The predicted molar refractivity (Wildman–Crippen MR) is 52.1 cm³/mol. The number of pyridine rings is 1. The standard InChI is InChI=1S/C10H14N2O2/c1-7(11)8-2-3-12-10(4-8)14-9-5-13-6-9/h2-4,7,9H,5-6,11H2,1H3. The van der Waals surface area contributed by atoms with Gasteiger partial charge in [0.2, 0.25) is 5.88 Å². The summed E-state index contributed by atoms with van der Waals surface area (Å²) in [5.74, 6) is 0.633. The molecule has 0 aliphatic carbocycles. The molecule has 0 radical (unpaired) electrons. The molecule has 1 saturated heterocycles. The van der Waals surface area contributed by atoms with Gasteiger partial charge in [0.25, 0.3) is 0 Å². The Kier molecular flexibility index (Phi) is 2.65. The van der Waals surface area contributed by atoms with E-state index >= 15 is 0 Å². The molecule has 14 heavy (non-hydrogen) atoms. The van der Waals surface area contributed by atoms with E-state index in [4.69, 9.17) is 15.2 Å². The predicted octanol–water partition coefficient (Wildman–Crippen LogP) is 0.879. The van der Waals surface area contributed by atoms with E-state index in [1.54, 1.807) is 6.20 Å². The average Bonchev–Trinajstić information content (AvgIpc) is 2.12. The van der Waals surface area contributed by atoms with Crippen LogP contribution in [-0.2, 0) is 4.74 Å². The Labute approximate surface area is 83.0 Å². The first-order valence-electron chi connectivity index (χ1n) is 4.71. The molecule has 1 aromatic heterocycles. The molecular formula is C10H14N2O2. The molecule has 1 unspecified atom stereocenters. The summed E-state index contributed by atoms with van der Waals surface area (Å²) in [5.41, 5.74) is 6.79. The first-order valence-corrected chi connectivity index (χ1v) is 4.71. The number of nitrogens with two attached hydrogens (primary N) is 1. The van der Waals surface area contributed by atoms with Gasteiger partial charge in [-0.2, -0.15) is 0 Å². The zero-order valence-corrected chi connectivity index (χ0v) is 8.14. The van der Waals surface area contributed by atoms with Crippen molar-refractivity contribution in [3.8, 4) is 5.88 Å². The van der Waals surface area contributed by atoms with Crippen LogP contribution in [0.1, 0.15) is 18.5 Å². The van der Waals surface area contributed by atoms with Crippen LogP contribution in [0.4, 0.5) is 0 Å². The maximum absolute atomic E-state index is 5.75. The van der Waals surface area contributed by atoms with Gasteiger partial charge >= 0.3 is 0 Å². The van der Waals surface area contributed by atoms with Gasteiger partial charge in [-0.25, -0.2) is 4.98 Å². The second-order valence-corrected chi connectivity index (χ2v) is 3.49. The number of nitrogens with zero attached hydrogens (tertiary/aromatic N) is 1. The molecule has 0 spiro atoms. The Morgan fingerprint density at radius 3 is 3.00 bits per heavy atom. The highest BCUT2D eigenvalue weighted by molar-refractivity contribution is 5.23. The molecule has 1 aliphatic heterocycles. The smallest absolute Gasteiger partial charge is 0.213 e. The second kappa shape index (κ2) is 3.94. The average molecular weight is 194 g/mol. The maximum atomic E-state index is 5.75. The highest BCUT2D eigenvalue weighted by Gasteiger charge is 2.20. The molecule has 0 bridgehead atoms. The minimum Gasteiger partial charge on any atom is -0.469 e. The van der Waals surface area contributed by atoms with Gasteiger partial charge in [0.15, 0.2) is 0 Å². The van der Waals surface area contributed by atoms with Crippen molar-refractivity contribution in [3.63, 3.8) is 0 Å². The number of aromatic nitrogens is 1. The van der Waals surface area contributed by atoms with E-state index in [1.807, 2.05) is 19.1 Å². The van der Waals surface area contributed by atoms with Crippen LogP contribution in [0, 0.1) is 0 Å². The normalized spacial score (nSPS) is 18.7. The molecule has 0 amide bonds. The molecule has 1 aliphatic rings. The summed E-state index contributed by atoms with van der Waals surface area (Å²) in [7, 11) is 0. The molecule has 0 saturated carbocycles. The highest BCUT2D eigenvalue weighted by atomic mass is 16.6. The Hall–Kier alpha value is -1.13. The third kappa shape index (κ3) is 2.02. The van der Waals surface area contributed by atoms with Crippen LogP contribution >= 0.6 is 0 Å². The Morgan fingerprint density at radius 1 is 1.64 bits per heavy atom. The van der Waals surface area contributed by atoms with Crippen molar-refractivity contribution in [2.24, 2.45) is 5.73 Å². The van der Waals surface area contributed by atoms with Crippen LogP contribution in [0.25, 0.3) is 0 Å². The van der Waals surface area contributed by atoms with Gasteiger partial charge in [-0.15, -0.1) is 0 Å². The summed E-state index contributed by atoms with van der Waals surface area (Å²) in [6, 6.07) is 3.79. The number of hydrogen-bond acceptors (Lipinski definition) is 4. The van der Waals surface area contributed by atoms with E-state index in [1.165, 1.54) is 0 Å². The van der Waals surface area contributed by atoms with Crippen LogP contribution in [-0.4, -0.2) is 24.3 Å². The topological polar surface area (TPSA) is 57.4 Å².